The van der Waals surface area contributed by atoms with Gasteiger partial charge in [-0.15, -0.1) is 0 Å². The third-order valence-electron chi connectivity index (χ3n) is 2.92. The zero-order chi connectivity index (χ0) is 13.3. The molecule has 0 radical (unpaired) electrons. The van der Waals surface area contributed by atoms with Crippen LogP contribution >= 0.6 is 15.9 Å². The highest BCUT2D eigenvalue weighted by molar-refractivity contribution is 9.10. The molecule has 2 rings (SSSR count). The van der Waals surface area contributed by atoms with Gasteiger partial charge in [0.15, 0.2) is 0 Å². The molecule has 1 aromatic rings. The zero-order valence-electron chi connectivity index (χ0n) is 9.74. The number of nitrogens with one attached hydrogen (secondary N) is 1. The van der Waals surface area contributed by atoms with Crippen LogP contribution in [0.4, 0.5) is 4.39 Å². The van der Waals surface area contributed by atoms with E-state index in [0.29, 0.717) is 17.6 Å². The Morgan fingerprint density at radius 3 is 2.94 bits per heavy atom. The van der Waals surface area contributed by atoms with Gasteiger partial charge in [-0.3, -0.25) is 9.59 Å². The quantitative estimate of drug-likeness (QED) is 0.855. The van der Waals surface area contributed by atoms with Crippen molar-refractivity contribution in [1.82, 2.24) is 10.2 Å². The van der Waals surface area contributed by atoms with Crippen molar-refractivity contribution in [2.24, 2.45) is 0 Å². The molecule has 1 aliphatic heterocycles. The average molecular weight is 315 g/mol. The average Bonchev–Trinajstić information content (AvgIpc) is 2.32. The van der Waals surface area contributed by atoms with Crippen LogP contribution in [0.25, 0.3) is 0 Å². The molecule has 0 spiro atoms. The molecule has 1 saturated heterocycles. The summed E-state index contributed by atoms with van der Waals surface area (Å²) in [7, 11) is 0. The van der Waals surface area contributed by atoms with Gasteiger partial charge in [-0.05, 0) is 25.1 Å². The molecule has 0 bridgehead atoms. The summed E-state index contributed by atoms with van der Waals surface area (Å²) in [6.07, 6.45) is 0. The van der Waals surface area contributed by atoms with Crippen LogP contribution in [0.2, 0.25) is 0 Å². The summed E-state index contributed by atoms with van der Waals surface area (Å²) in [6.45, 7) is 2.41. The van der Waals surface area contributed by atoms with E-state index in [4.69, 9.17) is 0 Å². The number of nitrogens with zero attached hydrogens (tertiary/aromatic N) is 1. The second-order valence-electron chi connectivity index (χ2n) is 4.09. The number of halogens is 2. The van der Waals surface area contributed by atoms with E-state index >= 15 is 0 Å². The summed E-state index contributed by atoms with van der Waals surface area (Å²) >= 11 is 3.13. The van der Waals surface area contributed by atoms with Crippen molar-refractivity contribution in [3.05, 3.63) is 34.1 Å². The molecule has 1 fully saturated rings. The molecule has 0 saturated carbocycles. The highest BCUT2D eigenvalue weighted by Gasteiger charge is 2.30. The van der Waals surface area contributed by atoms with Crippen LogP contribution in [0, 0.1) is 5.82 Å². The second kappa shape index (κ2) is 5.06. The lowest BCUT2D eigenvalue weighted by Crippen LogP contribution is -2.55. The molecule has 1 aromatic carbocycles. The van der Waals surface area contributed by atoms with Crippen molar-refractivity contribution in [3.8, 4) is 0 Å². The van der Waals surface area contributed by atoms with Crippen molar-refractivity contribution in [2.45, 2.75) is 13.0 Å². The van der Waals surface area contributed by atoms with Gasteiger partial charge in [-0.2, -0.15) is 0 Å². The predicted molar refractivity (Wildman–Crippen MR) is 67.6 cm³/mol. The molecule has 0 aromatic heterocycles. The highest BCUT2D eigenvalue weighted by Crippen LogP contribution is 2.18. The zero-order valence-corrected chi connectivity index (χ0v) is 11.3. The van der Waals surface area contributed by atoms with Crippen molar-refractivity contribution >= 4 is 27.7 Å². The van der Waals surface area contributed by atoms with Gasteiger partial charge < -0.3 is 10.2 Å². The monoisotopic (exact) mass is 314 g/mol. The molecule has 1 aliphatic rings. The van der Waals surface area contributed by atoms with Gasteiger partial charge >= 0.3 is 0 Å². The van der Waals surface area contributed by atoms with E-state index in [1.54, 1.807) is 13.0 Å². The highest BCUT2D eigenvalue weighted by atomic mass is 79.9. The molecular weight excluding hydrogens is 303 g/mol. The molecule has 96 valence electrons. The van der Waals surface area contributed by atoms with E-state index in [0.717, 1.165) is 0 Å². The Labute approximate surface area is 112 Å². The minimum absolute atomic E-state index is 0.0141. The topological polar surface area (TPSA) is 49.4 Å². The minimum Gasteiger partial charge on any atom is -0.353 e. The van der Waals surface area contributed by atoms with Gasteiger partial charge in [0.25, 0.3) is 5.91 Å². The predicted octanol–water partition coefficient (Wildman–Crippen LogP) is 1.55. The number of amides is 2. The molecule has 1 heterocycles. The van der Waals surface area contributed by atoms with E-state index in [9.17, 15) is 14.0 Å². The van der Waals surface area contributed by atoms with Gasteiger partial charge in [0.05, 0.1) is 5.56 Å². The van der Waals surface area contributed by atoms with Crippen LogP contribution in [0.5, 0.6) is 0 Å². The summed E-state index contributed by atoms with van der Waals surface area (Å²) in [5.41, 5.74) is -0.0141. The maximum atomic E-state index is 13.7. The maximum Gasteiger partial charge on any atom is 0.257 e. The molecule has 4 nitrogen and oxygen atoms in total. The summed E-state index contributed by atoms with van der Waals surface area (Å²) < 4.78 is 14.3. The Balaban J connectivity index is 2.28. The molecule has 1 N–H and O–H groups in total. The van der Waals surface area contributed by atoms with Crippen LogP contribution in [-0.4, -0.2) is 35.8 Å². The fourth-order valence-electron chi connectivity index (χ4n) is 1.88. The van der Waals surface area contributed by atoms with Crippen molar-refractivity contribution < 1.29 is 14.0 Å². The van der Waals surface area contributed by atoms with Crippen LogP contribution in [0.1, 0.15) is 17.3 Å². The Morgan fingerprint density at radius 2 is 2.28 bits per heavy atom. The fraction of sp³-hybridized carbons (Fsp3) is 0.333. The normalized spacial score (nSPS) is 19.6. The summed E-state index contributed by atoms with van der Waals surface area (Å²) in [5, 5.41) is 2.66. The first-order chi connectivity index (χ1) is 8.50. The Morgan fingerprint density at radius 1 is 1.56 bits per heavy atom. The number of rotatable bonds is 1. The number of carbonyl (C=O) groups excluding carboxylic acids is 2. The van der Waals surface area contributed by atoms with E-state index in [-0.39, 0.29) is 11.5 Å². The molecule has 18 heavy (non-hydrogen) atoms. The number of piperazine rings is 1. The molecule has 2 amide bonds. The molecule has 6 heteroatoms. The minimum atomic E-state index is -0.590. The third-order valence-corrected chi connectivity index (χ3v) is 3.41. The third kappa shape index (κ3) is 2.38. The standard InChI is InChI=1S/C12H12BrFN2O2/c1-7-11(17)15-4-5-16(7)12(18)9-3-2-8(13)6-10(9)14/h2-3,6-7H,4-5H2,1H3,(H,15,17). The first kappa shape index (κ1) is 13.0. The Bertz CT molecular complexity index is 507. The first-order valence-corrected chi connectivity index (χ1v) is 6.33. The van der Waals surface area contributed by atoms with Crippen LogP contribution in [-0.2, 0) is 4.79 Å². The smallest absolute Gasteiger partial charge is 0.257 e. The van der Waals surface area contributed by atoms with Crippen LogP contribution in [0.3, 0.4) is 0 Å². The van der Waals surface area contributed by atoms with Crippen LogP contribution in [0.15, 0.2) is 22.7 Å². The van der Waals surface area contributed by atoms with Gasteiger partial charge in [-0.1, -0.05) is 15.9 Å². The molecule has 1 unspecified atom stereocenters. The van der Waals surface area contributed by atoms with Gasteiger partial charge in [0.2, 0.25) is 5.91 Å². The SMILES string of the molecule is CC1C(=O)NCCN1C(=O)c1ccc(Br)cc1F. The molecule has 0 aliphatic carbocycles. The number of hydrogen-bond acceptors (Lipinski definition) is 2. The van der Waals surface area contributed by atoms with Gasteiger partial charge in [-0.25, -0.2) is 4.39 Å². The van der Waals surface area contributed by atoms with Gasteiger partial charge in [0.1, 0.15) is 11.9 Å². The number of carbonyl (C=O) groups is 2. The lowest BCUT2D eigenvalue weighted by molar-refractivity contribution is -0.127. The van der Waals surface area contributed by atoms with Gasteiger partial charge in [0, 0.05) is 17.6 Å². The van der Waals surface area contributed by atoms with Crippen molar-refractivity contribution in [3.63, 3.8) is 0 Å². The summed E-state index contributed by atoms with van der Waals surface area (Å²) in [5.74, 6) is -1.26. The Hall–Kier alpha value is -1.43. The summed E-state index contributed by atoms with van der Waals surface area (Å²) in [4.78, 5) is 25.0. The van der Waals surface area contributed by atoms with Crippen LogP contribution < -0.4 is 5.32 Å². The Kier molecular flexibility index (Phi) is 3.65. The fourth-order valence-corrected chi connectivity index (χ4v) is 2.21. The largest absolute Gasteiger partial charge is 0.353 e. The first-order valence-electron chi connectivity index (χ1n) is 5.54. The van der Waals surface area contributed by atoms with E-state index in [1.165, 1.54) is 17.0 Å². The molecular formula is C12H12BrFN2O2. The lowest BCUT2D eigenvalue weighted by atomic mass is 10.1. The van der Waals surface area contributed by atoms with E-state index in [1.807, 2.05) is 0 Å². The maximum absolute atomic E-state index is 13.7. The lowest BCUT2D eigenvalue weighted by Gasteiger charge is -2.32. The van der Waals surface area contributed by atoms with E-state index < -0.39 is 17.8 Å². The van der Waals surface area contributed by atoms with E-state index in [2.05, 4.69) is 21.2 Å². The van der Waals surface area contributed by atoms with Crippen molar-refractivity contribution in [1.29, 1.82) is 0 Å². The molecule has 1 atom stereocenters. The summed E-state index contributed by atoms with van der Waals surface area (Å²) in [6, 6.07) is 3.68. The van der Waals surface area contributed by atoms with Crippen molar-refractivity contribution in [2.75, 3.05) is 13.1 Å². The number of benzene rings is 1. The second-order valence-corrected chi connectivity index (χ2v) is 5.01. The number of hydrogen-bond donors (Lipinski definition) is 1.